The first-order valence-corrected chi connectivity index (χ1v) is 12.2. The number of hydrogen-bond acceptors (Lipinski definition) is 5. The molecule has 0 atom stereocenters. The zero-order valence-corrected chi connectivity index (χ0v) is 19.6. The van der Waals surface area contributed by atoms with Gasteiger partial charge in [0.15, 0.2) is 11.0 Å². The molecular formula is C24H19ClN4OS2. The third-order valence-electron chi connectivity index (χ3n) is 5.19. The van der Waals surface area contributed by atoms with Gasteiger partial charge in [0.1, 0.15) is 0 Å². The number of rotatable bonds is 6. The molecule has 0 aliphatic rings. The van der Waals surface area contributed by atoms with E-state index < -0.39 is 0 Å². The summed E-state index contributed by atoms with van der Waals surface area (Å²) in [4.78, 5) is 12.7. The van der Waals surface area contributed by atoms with Gasteiger partial charge in [-0.1, -0.05) is 77.2 Å². The van der Waals surface area contributed by atoms with Gasteiger partial charge in [-0.3, -0.25) is 13.9 Å². The van der Waals surface area contributed by atoms with Gasteiger partial charge >= 0.3 is 4.87 Å². The molecule has 0 bridgehead atoms. The highest BCUT2D eigenvalue weighted by Gasteiger charge is 2.18. The van der Waals surface area contributed by atoms with E-state index in [1.54, 1.807) is 16.3 Å². The average Bonchev–Trinajstić information content (AvgIpc) is 3.33. The van der Waals surface area contributed by atoms with Crippen molar-refractivity contribution >= 4 is 44.9 Å². The van der Waals surface area contributed by atoms with Crippen molar-refractivity contribution < 1.29 is 0 Å². The molecule has 5 rings (SSSR count). The lowest BCUT2D eigenvalue weighted by atomic mass is 10.2. The molecule has 3 aromatic carbocycles. The van der Waals surface area contributed by atoms with Crippen LogP contribution in [0.25, 0.3) is 15.9 Å². The first-order chi connectivity index (χ1) is 15.6. The molecule has 0 fully saturated rings. The first-order valence-electron chi connectivity index (χ1n) is 10.1. The molecule has 0 aliphatic carbocycles. The molecule has 2 heterocycles. The van der Waals surface area contributed by atoms with Gasteiger partial charge in [0, 0.05) is 10.8 Å². The molecule has 5 aromatic rings. The Labute approximate surface area is 198 Å². The van der Waals surface area contributed by atoms with Crippen molar-refractivity contribution in [2.24, 2.45) is 0 Å². The number of hydrogen-bond donors (Lipinski definition) is 0. The number of fused-ring (bicyclic) bond motifs is 1. The summed E-state index contributed by atoms with van der Waals surface area (Å²) in [7, 11) is 0. The number of nitrogens with zero attached hydrogens (tertiary/aromatic N) is 4. The van der Waals surface area contributed by atoms with E-state index in [9.17, 15) is 4.79 Å². The van der Waals surface area contributed by atoms with Gasteiger partial charge in [-0.25, -0.2) is 0 Å². The van der Waals surface area contributed by atoms with E-state index in [0.717, 1.165) is 38.0 Å². The topological polar surface area (TPSA) is 52.7 Å². The Kier molecular flexibility index (Phi) is 5.87. The molecule has 32 heavy (non-hydrogen) atoms. The smallest absolute Gasteiger partial charge is 0.291 e. The van der Waals surface area contributed by atoms with Crippen LogP contribution in [0.2, 0.25) is 5.02 Å². The molecule has 0 saturated carbocycles. The van der Waals surface area contributed by atoms with Crippen molar-refractivity contribution in [2.45, 2.75) is 24.4 Å². The van der Waals surface area contributed by atoms with Crippen molar-refractivity contribution in [1.82, 2.24) is 19.3 Å². The molecule has 0 amide bonds. The molecule has 2 aromatic heterocycles. The normalized spacial score (nSPS) is 11.3. The van der Waals surface area contributed by atoms with E-state index in [-0.39, 0.29) is 4.87 Å². The van der Waals surface area contributed by atoms with E-state index in [1.165, 1.54) is 11.3 Å². The maximum absolute atomic E-state index is 12.7. The molecule has 0 spiro atoms. The van der Waals surface area contributed by atoms with Gasteiger partial charge in [0.2, 0.25) is 0 Å². The number of aryl methyl sites for hydroxylation is 1. The second-order valence-corrected chi connectivity index (χ2v) is 9.73. The van der Waals surface area contributed by atoms with Crippen LogP contribution in [0.3, 0.4) is 0 Å². The Hall–Kier alpha value is -2.87. The summed E-state index contributed by atoms with van der Waals surface area (Å²) in [6.45, 7) is 2.42. The highest BCUT2D eigenvalue weighted by molar-refractivity contribution is 7.98. The second-order valence-electron chi connectivity index (χ2n) is 7.36. The van der Waals surface area contributed by atoms with E-state index in [0.29, 0.717) is 17.3 Å². The van der Waals surface area contributed by atoms with Crippen LogP contribution >= 0.6 is 34.7 Å². The molecule has 0 radical (unpaired) electrons. The van der Waals surface area contributed by atoms with Gasteiger partial charge in [0.05, 0.1) is 22.4 Å². The van der Waals surface area contributed by atoms with Crippen LogP contribution in [0.15, 0.2) is 82.7 Å². The molecule has 0 N–H and O–H groups in total. The maximum Gasteiger partial charge on any atom is 0.308 e. The lowest BCUT2D eigenvalue weighted by Crippen LogP contribution is -2.17. The summed E-state index contributed by atoms with van der Waals surface area (Å²) in [6.07, 6.45) is 0. The fourth-order valence-corrected chi connectivity index (χ4v) is 5.64. The van der Waals surface area contributed by atoms with Crippen LogP contribution in [0, 0.1) is 6.92 Å². The fourth-order valence-electron chi connectivity index (χ4n) is 3.63. The maximum atomic E-state index is 12.7. The fraction of sp³-hybridized carbons (Fsp3) is 0.125. The molecular weight excluding hydrogens is 460 g/mol. The van der Waals surface area contributed by atoms with Gasteiger partial charge in [-0.2, -0.15) is 0 Å². The van der Waals surface area contributed by atoms with Crippen molar-refractivity contribution in [3.63, 3.8) is 0 Å². The Morgan fingerprint density at radius 2 is 1.81 bits per heavy atom. The monoisotopic (exact) mass is 478 g/mol. The van der Waals surface area contributed by atoms with Gasteiger partial charge in [-0.15, -0.1) is 10.2 Å². The Morgan fingerprint density at radius 1 is 1.00 bits per heavy atom. The number of thioether (sulfide) groups is 1. The molecule has 0 unspecified atom stereocenters. The van der Waals surface area contributed by atoms with Gasteiger partial charge in [0.25, 0.3) is 0 Å². The zero-order valence-electron chi connectivity index (χ0n) is 17.2. The summed E-state index contributed by atoms with van der Waals surface area (Å²) >= 11 is 9.00. The summed E-state index contributed by atoms with van der Waals surface area (Å²) < 4.78 is 4.79. The molecule has 8 heteroatoms. The van der Waals surface area contributed by atoms with E-state index in [2.05, 4.69) is 33.8 Å². The van der Waals surface area contributed by atoms with Crippen LogP contribution in [-0.4, -0.2) is 19.3 Å². The molecule has 5 nitrogen and oxygen atoms in total. The number of thiazole rings is 1. The van der Waals surface area contributed by atoms with Crippen LogP contribution in [-0.2, 0) is 12.3 Å². The standard InChI is InChI=1S/C24H19ClN4OS2/c1-16-7-2-3-10-19(16)29-22(14-28-20-11-4-5-12-21(20)32-24(28)30)26-27-23(29)31-15-17-8-6-9-18(25)13-17/h2-13H,14-15H2,1H3. The third-order valence-corrected chi connectivity index (χ3v) is 7.38. The lowest BCUT2D eigenvalue weighted by Gasteiger charge is -2.13. The SMILES string of the molecule is Cc1ccccc1-n1c(Cn2c(=O)sc3ccccc32)nnc1SCc1cccc(Cl)c1. The van der Waals surface area contributed by atoms with E-state index in [4.69, 9.17) is 11.6 Å². The Bertz CT molecular complexity index is 1470. The van der Waals surface area contributed by atoms with Crippen LogP contribution in [0.5, 0.6) is 0 Å². The predicted molar refractivity (Wildman–Crippen MR) is 132 cm³/mol. The third kappa shape index (κ3) is 4.11. The lowest BCUT2D eigenvalue weighted by molar-refractivity contribution is 0.724. The average molecular weight is 479 g/mol. The molecule has 0 saturated heterocycles. The minimum Gasteiger partial charge on any atom is -0.291 e. The summed E-state index contributed by atoms with van der Waals surface area (Å²) in [6, 6.07) is 23.8. The van der Waals surface area contributed by atoms with E-state index in [1.807, 2.05) is 60.7 Å². The Balaban J connectivity index is 1.56. The molecule has 160 valence electrons. The second kappa shape index (κ2) is 8.94. The van der Waals surface area contributed by atoms with Gasteiger partial charge < -0.3 is 0 Å². The number of para-hydroxylation sites is 2. The summed E-state index contributed by atoms with van der Waals surface area (Å²) in [5.74, 6) is 1.44. The molecule has 0 aliphatic heterocycles. The number of benzene rings is 3. The summed E-state index contributed by atoms with van der Waals surface area (Å²) in [5, 5.41) is 10.5. The van der Waals surface area contributed by atoms with Crippen molar-refractivity contribution in [1.29, 1.82) is 0 Å². The van der Waals surface area contributed by atoms with Crippen LogP contribution in [0.4, 0.5) is 0 Å². The predicted octanol–water partition coefficient (Wildman–Crippen LogP) is 5.95. The Morgan fingerprint density at radius 3 is 2.66 bits per heavy atom. The quantitative estimate of drug-likeness (QED) is 0.283. The summed E-state index contributed by atoms with van der Waals surface area (Å²) in [5.41, 5.74) is 4.15. The minimum atomic E-state index is -0.00124. The van der Waals surface area contributed by atoms with Crippen molar-refractivity contribution in [3.8, 4) is 5.69 Å². The largest absolute Gasteiger partial charge is 0.308 e. The van der Waals surface area contributed by atoms with E-state index >= 15 is 0 Å². The zero-order chi connectivity index (χ0) is 22.1. The highest BCUT2D eigenvalue weighted by Crippen LogP contribution is 2.28. The van der Waals surface area contributed by atoms with Crippen LogP contribution in [0.1, 0.15) is 17.0 Å². The van der Waals surface area contributed by atoms with Crippen LogP contribution < -0.4 is 4.87 Å². The van der Waals surface area contributed by atoms with Crippen molar-refractivity contribution in [2.75, 3.05) is 0 Å². The number of halogens is 1. The minimum absolute atomic E-state index is 0.00124. The van der Waals surface area contributed by atoms with Gasteiger partial charge in [-0.05, 0) is 48.4 Å². The first kappa shape index (κ1) is 21.0. The number of aromatic nitrogens is 4. The highest BCUT2D eigenvalue weighted by atomic mass is 35.5. The van der Waals surface area contributed by atoms with Crippen molar-refractivity contribution in [3.05, 3.63) is 104 Å².